The van der Waals surface area contributed by atoms with Gasteiger partial charge in [-0.1, -0.05) is 30.3 Å². The van der Waals surface area contributed by atoms with Crippen LogP contribution in [0.25, 0.3) is 0 Å². The van der Waals surface area contributed by atoms with Crippen molar-refractivity contribution in [2.75, 3.05) is 39.4 Å². The first kappa shape index (κ1) is 19.9. The Kier molecular flexibility index (Phi) is 6.79. The van der Waals surface area contributed by atoms with E-state index in [-0.39, 0.29) is 12.1 Å². The standard InChI is InChI=1S/C22H31N5O2/c28-22(23-10-5-11-26-12-14-29-15-13-26)25-20-8-4-9-21-19(20)16-24-27(21)17-18-6-2-1-3-7-18/h1-3,6-7,16,20H,4-5,8-15,17H2,(H2,23,25,28). The maximum absolute atomic E-state index is 12.4. The van der Waals surface area contributed by atoms with Gasteiger partial charge in [-0.3, -0.25) is 9.58 Å². The predicted molar refractivity (Wildman–Crippen MR) is 112 cm³/mol. The fourth-order valence-corrected chi connectivity index (χ4v) is 4.20. The van der Waals surface area contributed by atoms with Crippen molar-refractivity contribution in [3.05, 3.63) is 53.3 Å². The summed E-state index contributed by atoms with van der Waals surface area (Å²) in [4.78, 5) is 14.8. The van der Waals surface area contributed by atoms with Crippen molar-refractivity contribution in [1.82, 2.24) is 25.3 Å². The van der Waals surface area contributed by atoms with E-state index in [1.165, 1.54) is 11.3 Å². The summed E-state index contributed by atoms with van der Waals surface area (Å²) < 4.78 is 7.45. The molecule has 1 fully saturated rings. The third-order valence-electron chi connectivity index (χ3n) is 5.78. The van der Waals surface area contributed by atoms with Gasteiger partial charge in [0.25, 0.3) is 0 Å². The average Bonchev–Trinajstić information content (AvgIpc) is 3.17. The number of nitrogens with one attached hydrogen (secondary N) is 2. The Morgan fingerprint density at radius 2 is 2.03 bits per heavy atom. The van der Waals surface area contributed by atoms with Gasteiger partial charge in [0.2, 0.25) is 0 Å². The molecule has 0 bridgehead atoms. The van der Waals surface area contributed by atoms with Gasteiger partial charge in [0.15, 0.2) is 0 Å². The Hall–Kier alpha value is -2.38. The van der Waals surface area contributed by atoms with Gasteiger partial charge in [0.05, 0.1) is 32.0 Å². The summed E-state index contributed by atoms with van der Waals surface area (Å²) in [5.74, 6) is 0. The SMILES string of the molecule is O=C(NCCCN1CCOCC1)NC1CCCc2c1cnn2Cc1ccccc1. The van der Waals surface area contributed by atoms with Crippen LogP contribution in [0.4, 0.5) is 4.79 Å². The van der Waals surface area contributed by atoms with Gasteiger partial charge in [-0.25, -0.2) is 4.79 Å². The van der Waals surface area contributed by atoms with Crippen LogP contribution >= 0.6 is 0 Å². The van der Waals surface area contributed by atoms with E-state index >= 15 is 0 Å². The van der Waals surface area contributed by atoms with Gasteiger partial charge in [0, 0.05) is 30.9 Å². The highest BCUT2D eigenvalue weighted by Crippen LogP contribution is 2.29. The Balaban J connectivity index is 1.26. The zero-order valence-corrected chi connectivity index (χ0v) is 17.0. The zero-order valence-electron chi connectivity index (χ0n) is 17.0. The van der Waals surface area contributed by atoms with Crippen LogP contribution in [-0.4, -0.2) is 60.1 Å². The van der Waals surface area contributed by atoms with Crippen molar-refractivity contribution in [1.29, 1.82) is 0 Å². The first-order valence-electron chi connectivity index (χ1n) is 10.7. The number of amides is 2. The Bertz CT molecular complexity index is 786. The Morgan fingerprint density at radius 3 is 2.86 bits per heavy atom. The molecule has 1 aliphatic carbocycles. The molecule has 2 aromatic rings. The number of aromatic nitrogens is 2. The summed E-state index contributed by atoms with van der Waals surface area (Å²) in [5, 5.41) is 10.8. The number of morpholine rings is 1. The van der Waals surface area contributed by atoms with E-state index in [2.05, 4.69) is 49.6 Å². The second kappa shape index (κ2) is 9.89. The van der Waals surface area contributed by atoms with Gasteiger partial charge < -0.3 is 15.4 Å². The molecule has 7 heteroatoms. The van der Waals surface area contributed by atoms with E-state index in [1.807, 2.05) is 12.3 Å². The summed E-state index contributed by atoms with van der Waals surface area (Å²) in [7, 11) is 0. The quantitative estimate of drug-likeness (QED) is 0.704. The minimum atomic E-state index is -0.0827. The lowest BCUT2D eigenvalue weighted by molar-refractivity contribution is 0.0375. The number of carbonyl (C=O) groups excluding carboxylic acids is 1. The summed E-state index contributed by atoms with van der Waals surface area (Å²) in [5.41, 5.74) is 3.65. The van der Waals surface area contributed by atoms with Crippen LogP contribution in [0, 0.1) is 0 Å². The van der Waals surface area contributed by atoms with Crippen LogP contribution < -0.4 is 10.6 Å². The number of carbonyl (C=O) groups is 1. The predicted octanol–water partition coefficient (Wildman–Crippen LogP) is 2.33. The molecule has 1 aliphatic heterocycles. The number of hydrogen-bond acceptors (Lipinski definition) is 4. The second-order valence-corrected chi connectivity index (χ2v) is 7.84. The van der Waals surface area contributed by atoms with Crippen LogP contribution in [0.2, 0.25) is 0 Å². The number of nitrogens with zero attached hydrogens (tertiary/aromatic N) is 3. The zero-order chi connectivity index (χ0) is 19.9. The Morgan fingerprint density at radius 1 is 1.21 bits per heavy atom. The average molecular weight is 398 g/mol. The van der Waals surface area contributed by atoms with Crippen LogP contribution in [-0.2, 0) is 17.7 Å². The fourth-order valence-electron chi connectivity index (χ4n) is 4.20. The highest BCUT2D eigenvalue weighted by atomic mass is 16.5. The van der Waals surface area contributed by atoms with Gasteiger partial charge in [-0.15, -0.1) is 0 Å². The van der Waals surface area contributed by atoms with Gasteiger partial charge >= 0.3 is 6.03 Å². The molecule has 1 atom stereocenters. The molecule has 7 nitrogen and oxygen atoms in total. The molecular formula is C22H31N5O2. The minimum absolute atomic E-state index is 0.0440. The van der Waals surface area contributed by atoms with Gasteiger partial charge in [-0.2, -0.15) is 5.10 Å². The fraction of sp³-hybridized carbons (Fsp3) is 0.545. The first-order chi connectivity index (χ1) is 14.3. The number of ether oxygens (including phenoxy) is 1. The van der Waals surface area contributed by atoms with Crippen molar-refractivity contribution in [2.24, 2.45) is 0 Å². The number of fused-ring (bicyclic) bond motifs is 1. The van der Waals surface area contributed by atoms with Crippen molar-refractivity contribution in [2.45, 2.75) is 38.3 Å². The number of rotatable bonds is 7. The van der Waals surface area contributed by atoms with Crippen LogP contribution in [0.5, 0.6) is 0 Å². The Labute approximate surface area is 172 Å². The molecule has 0 spiro atoms. The molecule has 4 rings (SSSR count). The molecular weight excluding hydrogens is 366 g/mol. The van der Waals surface area contributed by atoms with E-state index in [1.54, 1.807) is 0 Å². The normalized spacial score (nSPS) is 19.5. The summed E-state index contributed by atoms with van der Waals surface area (Å²) in [6.45, 7) is 6.08. The van der Waals surface area contributed by atoms with Crippen LogP contribution in [0.15, 0.2) is 36.5 Å². The lowest BCUT2D eigenvalue weighted by Crippen LogP contribution is -2.41. The molecule has 1 aromatic carbocycles. The van der Waals surface area contributed by atoms with Gasteiger partial charge in [0.1, 0.15) is 0 Å². The molecule has 2 N–H and O–H groups in total. The lowest BCUT2D eigenvalue weighted by atomic mass is 9.93. The van der Waals surface area contributed by atoms with Crippen molar-refractivity contribution >= 4 is 6.03 Å². The molecule has 1 saturated heterocycles. The monoisotopic (exact) mass is 397 g/mol. The van der Waals surface area contributed by atoms with Crippen molar-refractivity contribution in [3.8, 4) is 0 Å². The molecule has 2 amide bonds. The first-order valence-corrected chi connectivity index (χ1v) is 10.7. The molecule has 156 valence electrons. The van der Waals surface area contributed by atoms with Crippen LogP contribution in [0.1, 0.15) is 42.1 Å². The van der Waals surface area contributed by atoms with Gasteiger partial charge in [-0.05, 0) is 37.8 Å². The lowest BCUT2D eigenvalue weighted by Gasteiger charge is -2.26. The molecule has 0 saturated carbocycles. The van der Waals surface area contributed by atoms with E-state index < -0.39 is 0 Å². The highest BCUT2D eigenvalue weighted by Gasteiger charge is 2.25. The third kappa shape index (κ3) is 5.36. The minimum Gasteiger partial charge on any atom is -0.379 e. The molecule has 1 unspecified atom stereocenters. The highest BCUT2D eigenvalue weighted by molar-refractivity contribution is 5.74. The van der Waals surface area contributed by atoms with E-state index in [0.717, 1.165) is 70.6 Å². The number of benzene rings is 1. The number of hydrogen-bond donors (Lipinski definition) is 2. The molecule has 2 heterocycles. The third-order valence-corrected chi connectivity index (χ3v) is 5.78. The molecule has 0 radical (unpaired) electrons. The van der Waals surface area contributed by atoms with Crippen molar-refractivity contribution < 1.29 is 9.53 Å². The topological polar surface area (TPSA) is 71.4 Å². The summed E-state index contributed by atoms with van der Waals surface area (Å²) in [6, 6.07) is 10.3. The van der Waals surface area contributed by atoms with E-state index in [0.29, 0.717) is 6.54 Å². The number of urea groups is 1. The smallest absolute Gasteiger partial charge is 0.315 e. The van der Waals surface area contributed by atoms with E-state index in [4.69, 9.17) is 4.74 Å². The van der Waals surface area contributed by atoms with E-state index in [9.17, 15) is 4.79 Å². The van der Waals surface area contributed by atoms with Crippen LogP contribution in [0.3, 0.4) is 0 Å². The maximum Gasteiger partial charge on any atom is 0.315 e. The molecule has 1 aromatic heterocycles. The summed E-state index contributed by atoms with van der Waals surface area (Å²) >= 11 is 0. The maximum atomic E-state index is 12.4. The second-order valence-electron chi connectivity index (χ2n) is 7.84. The molecule has 29 heavy (non-hydrogen) atoms. The summed E-state index contributed by atoms with van der Waals surface area (Å²) in [6.07, 6.45) is 5.93. The molecule has 2 aliphatic rings. The largest absolute Gasteiger partial charge is 0.379 e. The van der Waals surface area contributed by atoms with Crippen molar-refractivity contribution in [3.63, 3.8) is 0 Å².